The molecular weight excluding hydrogens is 442 g/mol. The fraction of sp³-hybridized carbons (Fsp3) is 0.417. The zero-order chi connectivity index (χ0) is 23.4. The molecule has 1 aliphatic heterocycles. The van der Waals surface area contributed by atoms with Crippen LogP contribution in [0.2, 0.25) is 0 Å². The predicted molar refractivity (Wildman–Crippen MR) is 123 cm³/mol. The summed E-state index contributed by atoms with van der Waals surface area (Å²) >= 11 is 1.42. The number of fused-ring (bicyclic) bond motifs is 1. The van der Waals surface area contributed by atoms with Crippen LogP contribution in [0.4, 0.5) is 10.7 Å². The van der Waals surface area contributed by atoms with Crippen molar-refractivity contribution in [1.29, 1.82) is 5.26 Å². The smallest absolute Gasteiger partial charge is 0.311 e. The Morgan fingerprint density at radius 2 is 2.00 bits per heavy atom. The molecule has 2 heterocycles. The van der Waals surface area contributed by atoms with Crippen molar-refractivity contribution < 1.29 is 23.9 Å². The maximum absolute atomic E-state index is 12.5. The molecule has 2 amide bonds. The summed E-state index contributed by atoms with van der Waals surface area (Å²) in [5.74, 6) is -1.18. The summed E-state index contributed by atoms with van der Waals surface area (Å²) in [6, 6.07) is 9.30. The molecule has 0 bridgehead atoms. The van der Waals surface area contributed by atoms with E-state index in [-0.39, 0.29) is 18.9 Å². The lowest BCUT2D eigenvalue weighted by atomic mass is 9.96. The minimum absolute atomic E-state index is 0.0316. The Morgan fingerprint density at radius 1 is 1.24 bits per heavy atom. The number of nitriles is 1. The normalized spacial score (nSPS) is 17.3. The zero-order valence-corrected chi connectivity index (χ0v) is 19.2. The highest BCUT2D eigenvalue weighted by Crippen LogP contribution is 2.37. The van der Waals surface area contributed by atoms with Crippen LogP contribution in [0, 0.1) is 17.2 Å². The van der Waals surface area contributed by atoms with Crippen LogP contribution in [0.25, 0.3) is 0 Å². The van der Waals surface area contributed by atoms with Gasteiger partial charge in [0.1, 0.15) is 16.8 Å². The number of aryl methyl sites for hydroxylation is 1. The van der Waals surface area contributed by atoms with Crippen LogP contribution in [0.15, 0.2) is 24.3 Å². The fourth-order valence-electron chi connectivity index (χ4n) is 4.19. The first-order chi connectivity index (χ1) is 16.0. The van der Waals surface area contributed by atoms with Gasteiger partial charge in [-0.15, -0.1) is 11.3 Å². The highest BCUT2D eigenvalue weighted by atomic mass is 32.1. The first kappa shape index (κ1) is 22.8. The summed E-state index contributed by atoms with van der Waals surface area (Å²) in [6.45, 7) is 2.18. The highest BCUT2D eigenvalue weighted by molar-refractivity contribution is 7.16. The molecule has 1 atom stereocenters. The quantitative estimate of drug-likeness (QED) is 0.625. The van der Waals surface area contributed by atoms with Crippen molar-refractivity contribution in [3.05, 3.63) is 40.3 Å². The Morgan fingerprint density at radius 3 is 2.73 bits per heavy atom. The number of nitrogens with one attached hydrogen (secondary N) is 1. The van der Waals surface area contributed by atoms with Gasteiger partial charge in [0, 0.05) is 23.5 Å². The third kappa shape index (κ3) is 5.01. The average Bonchev–Trinajstić information content (AvgIpc) is 3.38. The first-order valence-corrected chi connectivity index (χ1v) is 11.9. The number of ether oxygens (including phenoxy) is 2. The largest absolute Gasteiger partial charge is 0.494 e. The maximum Gasteiger partial charge on any atom is 0.311 e. The topological polar surface area (TPSA) is 109 Å². The van der Waals surface area contributed by atoms with E-state index in [1.165, 1.54) is 16.2 Å². The lowest BCUT2D eigenvalue weighted by Crippen LogP contribution is -2.28. The van der Waals surface area contributed by atoms with Crippen molar-refractivity contribution in [2.45, 2.75) is 39.0 Å². The molecule has 4 rings (SSSR count). The van der Waals surface area contributed by atoms with E-state index < -0.39 is 24.4 Å². The Labute approximate surface area is 196 Å². The van der Waals surface area contributed by atoms with E-state index in [9.17, 15) is 19.6 Å². The number of benzene rings is 1. The Bertz CT molecular complexity index is 1100. The Hall–Kier alpha value is -3.38. The van der Waals surface area contributed by atoms with Gasteiger partial charge in [-0.1, -0.05) is 0 Å². The van der Waals surface area contributed by atoms with E-state index in [1.54, 1.807) is 24.3 Å². The molecule has 1 unspecified atom stereocenters. The monoisotopic (exact) mass is 467 g/mol. The summed E-state index contributed by atoms with van der Waals surface area (Å²) in [5, 5.41) is 12.7. The van der Waals surface area contributed by atoms with Crippen molar-refractivity contribution in [3.8, 4) is 11.8 Å². The van der Waals surface area contributed by atoms with Crippen LogP contribution in [0.1, 0.15) is 42.2 Å². The van der Waals surface area contributed by atoms with Gasteiger partial charge in [0.05, 0.1) is 18.1 Å². The van der Waals surface area contributed by atoms with Crippen LogP contribution in [-0.2, 0) is 32.0 Å². The van der Waals surface area contributed by atoms with E-state index in [4.69, 9.17) is 9.47 Å². The van der Waals surface area contributed by atoms with E-state index in [1.807, 2.05) is 6.92 Å². The van der Waals surface area contributed by atoms with Gasteiger partial charge in [-0.25, -0.2) is 0 Å². The Kier molecular flexibility index (Phi) is 6.94. The number of carbonyl (C=O) groups is 3. The predicted octanol–water partition coefficient (Wildman–Crippen LogP) is 3.43. The molecule has 0 spiro atoms. The van der Waals surface area contributed by atoms with E-state index in [0.29, 0.717) is 28.6 Å². The molecule has 1 aliphatic carbocycles. The van der Waals surface area contributed by atoms with E-state index in [0.717, 1.165) is 36.1 Å². The molecule has 1 saturated heterocycles. The molecular formula is C24H25N3O5S. The second kappa shape index (κ2) is 10.0. The van der Waals surface area contributed by atoms with Crippen molar-refractivity contribution in [3.63, 3.8) is 0 Å². The molecule has 1 fully saturated rings. The first-order valence-electron chi connectivity index (χ1n) is 11.0. The molecule has 8 nitrogen and oxygen atoms in total. The van der Waals surface area contributed by atoms with Gasteiger partial charge in [-0.2, -0.15) is 5.26 Å². The lowest BCUT2D eigenvalue weighted by molar-refractivity contribution is -0.151. The molecule has 1 aromatic heterocycles. The molecule has 33 heavy (non-hydrogen) atoms. The number of amides is 2. The number of rotatable bonds is 7. The number of hydrogen-bond donors (Lipinski definition) is 1. The third-order valence-corrected chi connectivity index (χ3v) is 7.01. The summed E-state index contributed by atoms with van der Waals surface area (Å²) in [4.78, 5) is 40.0. The van der Waals surface area contributed by atoms with Crippen molar-refractivity contribution in [1.82, 2.24) is 0 Å². The van der Waals surface area contributed by atoms with Crippen LogP contribution in [-0.4, -0.2) is 37.5 Å². The van der Waals surface area contributed by atoms with Crippen LogP contribution >= 0.6 is 11.3 Å². The van der Waals surface area contributed by atoms with Crippen molar-refractivity contribution in [2.75, 3.05) is 30.0 Å². The standard InChI is InChI=1S/C24H25N3O5S/c1-2-31-17-9-7-16(8-10-17)27-13-15(11-22(27)29)24(30)32-14-21(28)26-23-19(12-25)18-5-3-4-6-20(18)33-23/h7-10,15H,2-6,11,13-14H2,1H3,(H,26,28). The summed E-state index contributed by atoms with van der Waals surface area (Å²) < 4.78 is 10.6. The van der Waals surface area contributed by atoms with E-state index >= 15 is 0 Å². The molecule has 0 saturated carbocycles. The van der Waals surface area contributed by atoms with Crippen LogP contribution in [0.3, 0.4) is 0 Å². The second-order valence-electron chi connectivity index (χ2n) is 8.02. The van der Waals surface area contributed by atoms with Crippen LogP contribution < -0.4 is 15.0 Å². The number of carbonyl (C=O) groups excluding carboxylic acids is 3. The number of esters is 1. The SMILES string of the molecule is CCOc1ccc(N2CC(C(=O)OCC(=O)Nc3sc4c(c3C#N)CCCC4)CC2=O)cc1. The molecule has 0 radical (unpaired) electrons. The van der Waals surface area contributed by atoms with E-state index in [2.05, 4.69) is 11.4 Å². The number of thiophene rings is 1. The van der Waals surface area contributed by atoms with Crippen molar-refractivity contribution >= 4 is 39.8 Å². The minimum Gasteiger partial charge on any atom is -0.494 e. The molecule has 9 heteroatoms. The maximum atomic E-state index is 12.5. The lowest BCUT2D eigenvalue weighted by Gasteiger charge is -2.17. The van der Waals surface area contributed by atoms with Crippen LogP contribution in [0.5, 0.6) is 5.75 Å². The highest BCUT2D eigenvalue weighted by Gasteiger charge is 2.36. The van der Waals surface area contributed by atoms with Gasteiger partial charge < -0.3 is 19.7 Å². The van der Waals surface area contributed by atoms with Gasteiger partial charge in [-0.05, 0) is 62.4 Å². The molecule has 2 aliphatic rings. The Balaban J connectivity index is 1.31. The number of anilines is 2. The molecule has 1 aromatic carbocycles. The summed E-state index contributed by atoms with van der Waals surface area (Å²) in [5.41, 5.74) is 2.23. The second-order valence-corrected chi connectivity index (χ2v) is 9.12. The third-order valence-electron chi connectivity index (χ3n) is 5.80. The zero-order valence-electron chi connectivity index (χ0n) is 18.4. The molecule has 1 N–H and O–H groups in total. The summed E-state index contributed by atoms with van der Waals surface area (Å²) in [7, 11) is 0. The number of nitrogens with zero attached hydrogens (tertiary/aromatic N) is 2. The van der Waals surface area contributed by atoms with Gasteiger partial charge >= 0.3 is 5.97 Å². The fourth-order valence-corrected chi connectivity index (χ4v) is 5.45. The number of hydrogen-bond acceptors (Lipinski definition) is 7. The molecule has 2 aromatic rings. The van der Waals surface area contributed by atoms with Gasteiger partial charge in [-0.3, -0.25) is 14.4 Å². The van der Waals surface area contributed by atoms with Crippen molar-refractivity contribution in [2.24, 2.45) is 5.92 Å². The molecule has 172 valence electrons. The van der Waals surface area contributed by atoms with Gasteiger partial charge in [0.25, 0.3) is 5.91 Å². The minimum atomic E-state index is -0.638. The van der Waals surface area contributed by atoms with Gasteiger partial charge in [0.15, 0.2) is 6.61 Å². The summed E-state index contributed by atoms with van der Waals surface area (Å²) in [6.07, 6.45) is 3.92. The van der Waals surface area contributed by atoms with Gasteiger partial charge in [0.2, 0.25) is 5.91 Å². The average molecular weight is 468 g/mol.